The van der Waals surface area contributed by atoms with Crippen LogP contribution in [0.25, 0.3) is 28.3 Å². The number of rotatable bonds is 9. The monoisotopic (exact) mass is 459 g/mol. The number of pyridine rings is 1. The van der Waals surface area contributed by atoms with Gasteiger partial charge < -0.3 is 11.1 Å². The Balaban J connectivity index is 1.81. The number of anilines is 1. The second-order valence-corrected chi connectivity index (χ2v) is 8.29. The lowest BCUT2D eigenvalue weighted by atomic mass is 10.1. The van der Waals surface area contributed by atoms with Gasteiger partial charge >= 0.3 is 0 Å². The van der Waals surface area contributed by atoms with Crippen molar-refractivity contribution in [2.24, 2.45) is 5.73 Å². The highest BCUT2D eigenvalue weighted by Gasteiger charge is 2.18. The maximum absolute atomic E-state index is 13.6. The van der Waals surface area contributed by atoms with Gasteiger partial charge in [-0.05, 0) is 62.0 Å². The van der Waals surface area contributed by atoms with Gasteiger partial charge in [-0.1, -0.05) is 12.2 Å². The van der Waals surface area contributed by atoms with E-state index in [1.54, 1.807) is 18.3 Å². The second kappa shape index (κ2) is 9.80. The van der Waals surface area contributed by atoms with E-state index < -0.39 is 0 Å². The fourth-order valence-corrected chi connectivity index (χ4v) is 3.68. The molecule has 0 atom stereocenters. The van der Waals surface area contributed by atoms with Crippen LogP contribution in [0.2, 0.25) is 0 Å². The van der Waals surface area contributed by atoms with Crippen LogP contribution in [-0.4, -0.2) is 50.3 Å². The van der Waals surface area contributed by atoms with E-state index >= 15 is 0 Å². The predicted molar refractivity (Wildman–Crippen MR) is 130 cm³/mol. The molecule has 9 heteroatoms. The first-order chi connectivity index (χ1) is 16.3. The minimum Gasteiger partial charge on any atom is -0.369 e. The van der Waals surface area contributed by atoms with E-state index in [2.05, 4.69) is 21.9 Å². The minimum atomic E-state index is -0.384. The number of likely N-dealkylation sites (N-methyl/N-ethyl adjacent to an activating group) is 1. The van der Waals surface area contributed by atoms with Crippen molar-refractivity contribution in [3.05, 3.63) is 78.4 Å². The second-order valence-electron chi connectivity index (χ2n) is 8.29. The highest BCUT2D eigenvalue weighted by molar-refractivity contribution is 5.81. The first-order valence-corrected chi connectivity index (χ1v) is 10.8. The molecule has 3 N–H and O–H groups in total. The molecule has 34 heavy (non-hydrogen) atoms. The zero-order valence-corrected chi connectivity index (χ0v) is 19.1. The fraction of sp³-hybridized carbons (Fsp3) is 0.200. The van der Waals surface area contributed by atoms with Gasteiger partial charge in [-0.15, -0.1) is 0 Å². The number of fused-ring (bicyclic) bond motifs is 1. The molecule has 0 saturated heterocycles. The summed E-state index contributed by atoms with van der Waals surface area (Å²) < 4.78 is 15.5. The smallest absolute Gasteiger partial charge is 0.231 e. The molecular formula is C25H26FN7O. The number of hydrogen-bond donors (Lipinski definition) is 2. The number of nitrogens with zero attached hydrogens (tertiary/aromatic N) is 5. The van der Waals surface area contributed by atoms with Gasteiger partial charge in [-0.25, -0.2) is 19.3 Å². The van der Waals surface area contributed by atoms with Crippen LogP contribution in [-0.2, 0) is 11.3 Å². The van der Waals surface area contributed by atoms with E-state index in [1.807, 2.05) is 47.7 Å². The third kappa shape index (κ3) is 5.26. The summed E-state index contributed by atoms with van der Waals surface area (Å²) in [6.07, 6.45) is 3.60. The number of primary amides is 1. The van der Waals surface area contributed by atoms with Gasteiger partial charge in [0.25, 0.3) is 0 Å². The number of halogens is 1. The summed E-state index contributed by atoms with van der Waals surface area (Å²) in [5, 5.41) is 3.16. The van der Waals surface area contributed by atoms with Gasteiger partial charge in [-0.3, -0.25) is 14.1 Å². The molecule has 0 radical (unpaired) electrons. The normalized spacial score (nSPS) is 11.2. The number of carbonyl (C=O) groups excluding carboxylic acids is 1. The minimum absolute atomic E-state index is 0.159. The zero-order chi connectivity index (χ0) is 24.2. The lowest BCUT2D eigenvalue weighted by Gasteiger charge is -2.14. The number of aromatic nitrogens is 4. The van der Waals surface area contributed by atoms with Crippen molar-refractivity contribution >= 4 is 17.5 Å². The maximum atomic E-state index is 13.6. The van der Waals surface area contributed by atoms with Crippen LogP contribution in [0, 0.1) is 5.82 Å². The predicted octanol–water partition coefficient (Wildman–Crippen LogP) is 3.50. The topological polar surface area (TPSA) is 101 Å². The van der Waals surface area contributed by atoms with Crippen LogP contribution >= 0.6 is 0 Å². The maximum Gasteiger partial charge on any atom is 0.231 e. The largest absolute Gasteiger partial charge is 0.369 e. The van der Waals surface area contributed by atoms with E-state index in [0.717, 1.165) is 22.4 Å². The fourth-order valence-electron chi connectivity index (χ4n) is 3.68. The van der Waals surface area contributed by atoms with Crippen molar-refractivity contribution in [1.82, 2.24) is 24.3 Å². The van der Waals surface area contributed by atoms with Crippen molar-refractivity contribution in [3.8, 4) is 22.6 Å². The van der Waals surface area contributed by atoms with Crippen molar-refractivity contribution in [2.75, 3.05) is 25.5 Å². The molecule has 0 fully saturated rings. The summed E-state index contributed by atoms with van der Waals surface area (Å²) in [5.74, 6) is -0.225. The van der Waals surface area contributed by atoms with Crippen molar-refractivity contribution in [3.63, 3.8) is 0 Å². The lowest BCUT2D eigenvalue weighted by Crippen LogP contribution is -2.30. The average molecular weight is 460 g/mol. The number of benzene rings is 1. The van der Waals surface area contributed by atoms with Crippen LogP contribution in [0.3, 0.4) is 0 Å². The van der Waals surface area contributed by atoms with Crippen molar-refractivity contribution in [1.29, 1.82) is 0 Å². The van der Waals surface area contributed by atoms with Crippen LogP contribution in [0.1, 0.15) is 12.5 Å². The van der Waals surface area contributed by atoms with E-state index in [-0.39, 0.29) is 18.3 Å². The molecule has 1 amide bonds. The molecule has 0 unspecified atom stereocenters. The highest BCUT2D eigenvalue weighted by atomic mass is 19.1. The summed E-state index contributed by atoms with van der Waals surface area (Å²) in [6.45, 7) is 7.08. The molecule has 0 saturated carbocycles. The van der Waals surface area contributed by atoms with Gasteiger partial charge in [0, 0.05) is 31.0 Å². The molecule has 0 bridgehead atoms. The molecule has 0 aliphatic rings. The van der Waals surface area contributed by atoms with Gasteiger partial charge in [0.15, 0.2) is 0 Å². The van der Waals surface area contributed by atoms with Crippen molar-refractivity contribution < 1.29 is 9.18 Å². The summed E-state index contributed by atoms with van der Waals surface area (Å²) in [7, 11) is 1.83. The summed E-state index contributed by atoms with van der Waals surface area (Å²) >= 11 is 0. The Hall–Kier alpha value is -4.11. The Morgan fingerprint density at radius 1 is 1.21 bits per heavy atom. The average Bonchev–Trinajstić information content (AvgIpc) is 3.16. The van der Waals surface area contributed by atoms with Crippen LogP contribution in [0.15, 0.2) is 67.0 Å². The Kier molecular flexibility index (Phi) is 6.65. The SMILES string of the molecule is C=C(C)CNc1nccc(-c2c(-c3ccc(F)cc3)nc3cc(CN(C)CC(N)=O)ccn23)n1. The first kappa shape index (κ1) is 23.1. The number of nitrogens with one attached hydrogen (secondary N) is 1. The van der Waals surface area contributed by atoms with Gasteiger partial charge in [0.2, 0.25) is 11.9 Å². The quantitative estimate of drug-likeness (QED) is 0.372. The standard InChI is InChI=1S/C25H26FN7O/c1-16(2)13-29-25-28-10-8-20(30-25)24-23(18-4-6-19(26)7-5-18)31-22-12-17(9-11-33(22)24)14-32(3)15-21(27)34/h4-12H,1,13-15H2,2-3H3,(H2,27,34)(H,28,29,30). The number of carbonyl (C=O) groups is 1. The molecule has 8 nitrogen and oxygen atoms in total. The number of imidazole rings is 1. The van der Waals surface area contributed by atoms with Crippen LogP contribution in [0.5, 0.6) is 0 Å². The lowest BCUT2D eigenvalue weighted by molar-refractivity contribution is -0.118. The summed E-state index contributed by atoms with van der Waals surface area (Å²) in [5.41, 5.74) is 10.8. The Bertz CT molecular complexity index is 1350. The molecule has 1 aromatic carbocycles. The van der Waals surface area contributed by atoms with Gasteiger partial charge in [-0.2, -0.15) is 0 Å². The van der Waals surface area contributed by atoms with Crippen LogP contribution in [0.4, 0.5) is 10.3 Å². The first-order valence-electron chi connectivity index (χ1n) is 10.8. The zero-order valence-electron chi connectivity index (χ0n) is 19.1. The van der Waals surface area contributed by atoms with Crippen LogP contribution < -0.4 is 11.1 Å². The Morgan fingerprint density at radius 3 is 2.68 bits per heavy atom. The van der Waals surface area contributed by atoms with Gasteiger partial charge in [0.05, 0.1) is 23.6 Å². The molecule has 3 heterocycles. The van der Waals surface area contributed by atoms with E-state index in [0.29, 0.717) is 36.1 Å². The molecule has 0 aliphatic heterocycles. The molecule has 3 aromatic heterocycles. The number of hydrogen-bond acceptors (Lipinski definition) is 6. The summed E-state index contributed by atoms with van der Waals surface area (Å²) in [4.78, 5) is 26.9. The Morgan fingerprint density at radius 2 is 1.97 bits per heavy atom. The molecular weight excluding hydrogens is 433 g/mol. The number of nitrogens with two attached hydrogens (primary N) is 1. The molecule has 0 spiro atoms. The summed E-state index contributed by atoms with van der Waals surface area (Å²) in [6, 6.07) is 11.9. The molecule has 0 aliphatic carbocycles. The van der Waals surface area contributed by atoms with E-state index in [9.17, 15) is 9.18 Å². The Labute approximate surface area is 197 Å². The third-order valence-corrected chi connectivity index (χ3v) is 5.13. The van der Waals surface area contributed by atoms with E-state index in [4.69, 9.17) is 10.7 Å². The van der Waals surface area contributed by atoms with Gasteiger partial charge in [0.1, 0.15) is 11.5 Å². The highest BCUT2D eigenvalue weighted by Crippen LogP contribution is 2.32. The third-order valence-electron chi connectivity index (χ3n) is 5.13. The van der Waals surface area contributed by atoms with E-state index in [1.165, 1.54) is 12.1 Å². The molecule has 4 aromatic rings. The number of amides is 1. The molecule has 174 valence electrons. The molecule has 4 rings (SSSR count). The van der Waals surface area contributed by atoms with Crippen molar-refractivity contribution in [2.45, 2.75) is 13.5 Å².